The lowest BCUT2D eigenvalue weighted by Gasteiger charge is -2.26. The number of benzene rings is 2. The number of amides is 2. The summed E-state index contributed by atoms with van der Waals surface area (Å²) in [5, 5.41) is 1.76. The lowest BCUT2D eigenvalue weighted by molar-refractivity contribution is 0.208. The fourth-order valence-electron chi connectivity index (χ4n) is 2.88. The van der Waals surface area contributed by atoms with Crippen LogP contribution < -0.4 is 10.9 Å². The highest BCUT2D eigenvalue weighted by Gasteiger charge is 2.22. The molecule has 0 radical (unpaired) electrons. The van der Waals surface area contributed by atoms with Crippen LogP contribution in [0, 0.1) is 17.5 Å². The molecule has 2 amide bonds. The number of halogens is 5. The molecule has 0 saturated carbocycles. The van der Waals surface area contributed by atoms with Gasteiger partial charge in [-0.3, -0.25) is 4.79 Å². The summed E-state index contributed by atoms with van der Waals surface area (Å²) < 4.78 is 41.2. The number of aromatic amines is 1. The molecule has 152 valence electrons. The van der Waals surface area contributed by atoms with Crippen molar-refractivity contribution in [2.24, 2.45) is 0 Å². The molecule has 1 aromatic heterocycles. The zero-order chi connectivity index (χ0) is 21.5. The number of hydrogen-bond acceptors (Lipinski definition) is 2. The molecule has 0 bridgehead atoms. The maximum Gasteiger partial charge on any atom is 0.322 e. The Balaban J connectivity index is 1.93. The van der Waals surface area contributed by atoms with E-state index in [1.54, 1.807) is 6.92 Å². The van der Waals surface area contributed by atoms with E-state index < -0.39 is 40.5 Å². The largest absolute Gasteiger partial charge is 0.328 e. The summed E-state index contributed by atoms with van der Waals surface area (Å²) in [6.45, 7) is 1.64. The molecule has 2 N–H and O–H groups in total. The number of anilines is 1. The molecule has 1 heterocycles. The van der Waals surface area contributed by atoms with Crippen molar-refractivity contribution in [2.75, 3.05) is 12.4 Å². The number of aromatic nitrogens is 1. The lowest BCUT2D eigenvalue weighted by Crippen LogP contribution is -2.34. The van der Waals surface area contributed by atoms with Gasteiger partial charge in [0.2, 0.25) is 0 Å². The third-order valence-electron chi connectivity index (χ3n) is 4.58. The van der Waals surface area contributed by atoms with Gasteiger partial charge in [0, 0.05) is 18.9 Å². The Morgan fingerprint density at radius 3 is 2.38 bits per heavy atom. The molecule has 0 fully saturated rings. The van der Waals surface area contributed by atoms with Crippen LogP contribution in [-0.4, -0.2) is 23.0 Å². The van der Waals surface area contributed by atoms with Gasteiger partial charge in [0.1, 0.15) is 0 Å². The number of rotatable bonds is 3. The van der Waals surface area contributed by atoms with Crippen molar-refractivity contribution in [3.05, 3.63) is 73.9 Å². The van der Waals surface area contributed by atoms with Crippen LogP contribution in [-0.2, 0) is 0 Å². The zero-order valence-electron chi connectivity index (χ0n) is 15.1. The van der Waals surface area contributed by atoms with E-state index in [0.717, 1.165) is 6.07 Å². The lowest BCUT2D eigenvalue weighted by atomic mass is 10.0. The first-order valence-corrected chi connectivity index (χ1v) is 9.05. The predicted octanol–water partition coefficient (Wildman–Crippen LogP) is 5.48. The molecule has 1 atom stereocenters. The number of nitrogens with one attached hydrogen (secondary N) is 2. The van der Waals surface area contributed by atoms with Gasteiger partial charge in [-0.15, -0.1) is 0 Å². The van der Waals surface area contributed by atoms with Crippen molar-refractivity contribution in [3.8, 4) is 0 Å². The van der Waals surface area contributed by atoms with E-state index in [2.05, 4.69) is 10.3 Å². The molecule has 3 aromatic rings. The Kier molecular flexibility index (Phi) is 5.77. The van der Waals surface area contributed by atoms with Crippen LogP contribution in [0.5, 0.6) is 0 Å². The first-order chi connectivity index (χ1) is 13.6. The van der Waals surface area contributed by atoms with E-state index in [0.29, 0.717) is 5.56 Å². The van der Waals surface area contributed by atoms with Gasteiger partial charge in [-0.2, -0.15) is 0 Å². The SMILES string of the molecule is C[C@H](c1c[nH]c(=O)c2c(F)c(F)ccc12)N(C)C(=O)Nc1cc(Cl)c(F)c(Cl)c1. The van der Waals surface area contributed by atoms with Gasteiger partial charge in [0.25, 0.3) is 5.56 Å². The maximum absolute atomic E-state index is 14.1. The maximum atomic E-state index is 14.1. The monoisotopic (exact) mass is 443 g/mol. The minimum atomic E-state index is -1.26. The van der Waals surface area contributed by atoms with E-state index in [1.807, 2.05) is 0 Å². The standard InChI is InChI=1S/C19H14Cl2F3N3O2/c1-8(11-7-25-18(28)15-10(11)3-4-14(22)17(15)24)27(2)19(29)26-9-5-12(20)16(23)13(21)6-9/h3-8H,1-2H3,(H,25,28)(H,26,29)/t8-/m1/s1. The minimum Gasteiger partial charge on any atom is -0.328 e. The molecule has 10 heteroatoms. The van der Waals surface area contributed by atoms with E-state index in [4.69, 9.17) is 23.2 Å². The van der Waals surface area contributed by atoms with E-state index >= 15 is 0 Å². The molecule has 0 spiro atoms. The number of nitrogens with zero attached hydrogens (tertiary/aromatic N) is 1. The summed E-state index contributed by atoms with van der Waals surface area (Å²) >= 11 is 11.4. The van der Waals surface area contributed by atoms with Crippen molar-refractivity contribution < 1.29 is 18.0 Å². The summed E-state index contributed by atoms with van der Waals surface area (Å²) in [6.07, 6.45) is 1.34. The van der Waals surface area contributed by atoms with Crippen molar-refractivity contribution >= 4 is 45.7 Å². The molecule has 5 nitrogen and oxygen atoms in total. The number of hydrogen-bond donors (Lipinski definition) is 2. The average molecular weight is 444 g/mol. The van der Waals surface area contributed by atoms with Gasteiger partial charge < -0.3 is 15.2 Å². The van der Waals surface area contributed by atoms with Gasteiger partial charge >= 0.3 is 6.03 Å². The Bertz CT molecular complexity index is 1160. The van der Waals surface area contributed by atoms with E-state index in [9.17, 15) is 22.8 Å². The summed E-state index contributed by atoms with van der Waals surface area (Å²) in [4.78, 5) is 28.2. The van der Waals surface area contributed by atoms with Crippen LogP contribution in [0.4, 0.5) is 23.7 Å². The second-order valence-electron chi connectivity index (χ2n) is 6.33. The molecule has 29 heavy (non-hydrogen) atoms. The summed E-state index contributed by atoms with van der Waals surface area (Å²) in [7, 11) is 1.46. The van der Waals surface area contributed by atoms with Crippen LogP contribution in [0.15, 0.2) is 35.3 Å². The first-order valence-electron chi connectivity index (χ1n) is 8.29. The number of H-pyrrole nitrogens is 1. The van der Waals surface area contributed by atoms with Gasteiger partial charge in [0.05, 0.1) is 21.5 Å². The second kappa shape index (κ2) is 7.96. The van der Waals surface area contributed by atoms with Gasteiger partial charge in [-0.25, -0.2) is 18.0 Å². The minimum absolute atomic E-state index is 0.171. The topological polar surface area (TPSA) is 65.2 Å². The Morgan fingerprint density at radius 2 is 1.76 bits per heavy atom. The predicted molar refractivity (Wildman–Crippen MR) is 106 cm³/mol. The van der Waals surface area contributed by atoms with Crippen LogP contribution in [0.25, 0.3) is 10.8 Å². The first kappa shape index (κ1) is 21.0. The number of urea groups is 1. The van der Waals surface area contributed by atoms with Crippen LogP contribution in [0.3, 0.4) is 0 Å². The Morgan fingerprint density at radius 1 is 1.14 bits per heavy atom. The Hall–Kier alpha value is -2.71. The summed E-state index contributed by atoms with van der Waals surface area (Å²) in [5.41, 5.74) is -0.216. The van der Waals surface area contributed by atoms with Crippen molar-refractivity contribution in [1.82, 2.24) is 9.88 Å². The average Bonchev–Trinajstić information content (AvgIpc) is 2.67. The number of pyridine rings is 1. The smallest absolute Gasteiger partial charge is 0.322 e. The van der Waals surface area contributed by atoms with Crippen molar-refractivity contribution in [1.29, 1.82) is 0 Å². The molecule has 0 aliphatic rings. The highest BCUT2D eigenvalue weighted by molar-refractivity contribution is 6.35. The number of carbonyl (C=O) groups excluding carboxylic acids is 1. The van der Waals surface area contributed by atoms with Gasteiger partial charge in [-0.05, 0) is 36.1 Å². The number of carbonyl (C=O) groups is 1. The fraction of sp³-hybridized carbons (Fsp3) is 0.158. The summed E-state index contributed by atoms with van der Waals surface area (Å²) in [5.74, 6) is -3.22. The van der Waals surface area contributed by atoms with E-state index in [1.165, 1.54) is 36.3 Å². The molecule has 0 saturated heterocycles. The van der Waals surface area contributed by atoms with Crippen LogP contribution in [0.2, 0.25) is 10.0 Å². The molecule has 0 aliphatic carbocycles. The quantitative estimate of drug-likeness (QED) is 0.526. The van der Waals surface area contributed by atoms with Gasteiger partial charge in [-0.1, -0.05) is 29.3 Å². The third kappa shape index (κ3) is 3.90. The molecule has 2 aromatic carbocycles. The number of fused-ring (bicyclic) bond motifs is 1. The second-order valence-corrected chi connectivity index (χ2v) is 7.14. The molecular formula is C19H14Cl2F3N3O2. The highest BCUT2D eigenvalue weighted by Crippen LogP contribution is 2.30. The summed E-state index contributed by atoms with van der Waals surface area (Å²) in [6, 6.07) is 3.35. The Labute approximate surface area is 173 Å². The molecular weight excluding hydrogens is 430 g/mol. The zero-order valence-corrected chi connectivity index (χ0v) is 16.6. The molecule has 0 unspecified atom stereocenters. The van der Waals surface area contributed by atoms with Crippen molar-refractivity contribution in [3.63, 3.8) is 0 Å². The third-order valence-corrected chi connectivity index (χ3v) is 5.13. The molecule has 0 aliphatic heterocycles. The fourth-order valence-corrected chi connectivity index (χ4v) is 3.36. The van der Waals surface area contributed by atoms with Crippen LogP contribution in [0.1, 0.15) is 18.5 Å². The van der Waals surface area contributed by atoms with Crippen LogP contribution >= 0.6 is 23.2 Å². The van der Waals surface area contributed by atoms with E-state index in [-0.39, 0.29) is 21.1 Å². The molecule has 3 rings (SSSR count). The van der Waals surface area contributed by atoms with Gasteiger partial charge in [0.15, 0.2) is 17.5 Å². The highest BCUT2D eigenvalue weighted by atomic mass is 35.5. The normalized spacial score (nSPS) is 12.1. The van der Waals surface area contributed by atoms with Crippen molar-refractivity contribution in [2.45, 2.75) is 13.0 Å².